The fourth-order valence-corrected chi connectivity index (χ4v) is 2.86. The zero-order valence-corrected chi connectivity index (χ0v) is 10.6. The van der Waals surface area contributed by atoms with Crippen LogP contribution in [0.1, 0.15) is 48.4 Å². The van der Waals surface area contributed by atoms with E-state index in [2.05, 4.69) is 17.2 Å². The van der Waals surface area contributed by atoms with Gasteiger partial charge in [0.1, 0.15) is 0 Å². The summed E-state index contributed by atoms with van der Waals surface area (Å²) < 4.78 is 0. The summed E-state index contributed by atoms with van der Waals surface area (Å²) in [5, 5.41) is 13.5. The Morgan fingerprint density at radius 3 is 3.06 bits per heavy atom. The van der Waals surface area contributed by atoms with E-state index in [9.17, 15) is 0 Å². The molecule has 90 valence electrons. The molecule has 1 atom stereocenters. The van der Waals surface area contributed by atoms with Crippen LogP contribution in [0, 0.1) is 0 Å². The van der Waals surface area contributed by atoms with Gasteiger partial charge in [0.05, 0.1) is 5.01 Å². The molecular weight excluding hydrogens is 220 g/mol. The highest BCUT2D eigenvalue weighted by Gasteiger charge is 2.22. The number of aromatic nitrogens is 1. The topological polar surface area (TPSA) is 45.1 Å². The maximum Gasteiger partial charge on any atom is 0.0959 e. The minimum Gasteiger partial charge on any atom is -0.396 e. The Balaban J connectivity index is 1.78. The molecule has 0 aliphatic heterocycles. The number of nitrogens with zero attached hydrogens (tertiary/aromatic N) is 1. The highest BCUT2D eigenvalue weighted by Crippen LogP contribution is 2.38. The normalized spacial score (nSPS) is 18.4. The average molecular weight is 240 g/mol. The molecule has 0 saturated heterocycles. The Labute approximate surface area is 101 Å². The molecule has 3 nitrogen and oxygen atoms in total. The first kappa shape index (κ1) is 12.0. The van der Waals surface area contributed by atoms with Gasteiger partial charge in [-0.3, -0.25) is 0 Å². The molecule has 0 aromatic carbocycles. The molecule has 0 radical (unpaired) electrons. The lowest BCUT2D eigenvalue weighted by molar-refractivity contribution is 0.269. The molecule has 0 unspecified atom stereocenters. The summed E-state index contributed by atoms with van der Waals surface area (Å²) in [7, 11) is 0. The third kappa shape index (κ3) is 3.03. The van der Waals surface area contributed by atoms with Crippen LogP contribution in [0.15, 0.2) is 6.20 Å². The minimum absolute atomic E-state index is 0.254. The van der Waals surface area contributed by atoms with E-state index in [1.165, 1.54) is 29.1 Å². The summed E-state index contributed by atoms with van der Waals surface area (Å²) in [6.45, 7) is 3.24. The summed E-state index contributed by atoms with van der Waals surface area (Å²) in [6, 6.07) is 0.374. The maximum absolute atomic E-state index is 8.80. The van der Waals surface area contributed by atoms with Crippen LogP contribution in [0.4, 0.5) is 0 Å². The smallest absolute Gasteiger partial charge is 0.0959 e. The zero-order chi connectivity index (χ0) is 11.4. The van der Waals surface area contributed by atoms with Crippen molar-refractivity contribution in [3.63, 3.8) is 0 Å². The highest BCUT2D eigenvalue weighted by molar-refractivity contribution is 7.11. The Kier molecular flexibility index (Phi) is 4.32. The molecular formula is C12H20N2OS. The van der Waals surface area contributed by atoms with E-state index in [1.54, 1.807) is 0 Å². The Bertz CT molecular complexity index is 323. The van der Waals surface area contributed by atoms with Crippen molar-refractivity contribution in [2.45, 2.75) is 51.1 Å². The SMILES string of the molecule is C[C@H](CCO)NCc1cnc(C2CCC2)s1. The number of rotatable bonds is 6. The molecule has 4 heteroatoms. The fraction of sp³-hybridized carbons (Fsp3) is 0.750. The first-order valence-corrected chi connectivity index (χ1v) is 6.90. The van der Waals surface area contributed by atoms with Gasteiger partial charge in [0.15, 0.2) is 0 Å². The van der Waals surface area contributed by atoms with E-state index in [-0.39, 0.29) is 6.61 Å². The van der Waals surface area contributed by atoms with E-state index >= 15 is 0 Å². The predicted molar refractivity (Wildman–Crippen MR) is 66.7 cm³/mol. The summed E-state index contributed by atoms with van der Waals surface area (Å²) >= 11 is 1.84. The van der Waals surface area contributed by atoms with Gasteiger partial charge >= 0.3 is 0 Å². The van der Waals surface area contributed by atoms with Crippen LogP contribution in [-0.4, -0.2) is 22.7 Å². The van der Waals surface area contributed by atoms with Gasteiger partial charge in [-0.15, -0.1) is 11.3 Å². The second-order valence-corrected chi connectivity index (χ2v) is 5.73. The molecule has 1 aliphatic rings. The van der Waals surface area contributed by atoms with Gasteiger partial charge in [0.2, 0.25) is 0 Å². The number of aliphatic hydroxyl groups is 1. The second-order valence-electron chi connectivity index (χ2n) is 4.59. The van der Waals surface area contributed by atoms with Gasteiger partial charge in [-0.25, -0.2) is 4.98 Å². The third-order valence-electron chi connectivity index (χ3n) is 3.21. The predicted octanol–water partition coefficient (Wildman–Crippen LogP) is 2.27. The minimum atomic E-state index is 0.254. The van der Waals surface area contributed by atoms with E-state index in [4.69, 9.17) is 5.11 Å². The molecule has 0 spiro atoms. The molecule has 1 fully saturated rings. The molecule has 1 aromatic rings. The van der Waals surface area contributed by atoms with Crippen LogP contribution in [0.5, 0.6) is 0 Å². The quantitative estimate of drug-likeness (QED) is 0.802. The zero-order valence-electron chi connectivity index (χ0n) is 9.78. The standard InChI is InChI=1S/C12H20N2OS/c1-9(5-6-15)13-7-11-8-14-12(16-11)10-3-2-4-10/h8-10,13,15H,2-7H2,1H3/t9-/m1/s1. The Morgan fingerprint density at radius 2 is 2.44 bits per heavy atom. The van der Waals surface area contributed by atoms with Crippen molar-refractivity contribution < 1.29 is 5.11 Å². The van der Waals surface area contributed by atoms with Gasteiger partial charge in [-0.05, 0) is 26.2 Å². The Morgan fingerprint density at radius 1 is 1.62 bits per heavy atom. The molecule has 1 aliphatic carbocycles. The number of hydrogen-bond acceptors (Lipinski definition) is 4. The maximum atomic E-state index is 8.80. The molecule has 1 aromatic heterocycles. The van der Waals surface area contributed by atoms with Crippen LogP contribution in [0.25, 0.3) is 0 Å². The van der Waals surface area contributed by atoms with Crippen LogP contribution in [0.2, 0.25) is 0 Å². The summed E-state index contributed by atoms with van der Waals surface area (Å²) in [6.07, 6.45) is 6.82. The number of nitrogens with one attached hydrogen (secondary N) is 1. The lowest BCUT2D eigenvalue weighted by atomic mass is 9.86. The number of thiazole rings is 1. The molecule has 16 heavy (non-hydrogen) atoms. The van der Waals surface area contributed by atoms with Crippen molar-refractivity contribution in [1.82, 2.24) is 10.3 Å². The van der Waals surface area contributed by atoms with E-state index in [0.29, 0.717) is 6.04 Å². The van der Waals surface area contributed by atoms with Gasteiger partial charge in [-0.1, -0.05) is 6.42 Å². The van der Waals surface area contributed by atoms with Gasteiger partial charge in [-0.2, -0.15) is 0 Å². The molecule has 1 saturated carbocycles. The van der Waals surface area contributed by atoms with Gasteiger partial charge in [0, 0.05) is 36.2 Å². The second kappa shape index (κ2) is 5.75. The summed E-state index contributed by atoms with van der Waals surface area (Å²) in [5.41, 5.74) is 0. The van der Waals surface area contributed by atoms with Crippen LogP contribution in [-0.2, 0) is 6.54 Å². The Hall–Kier alpha value is -0.450. The van der Waals surface area contributed by atoms with Crippen LogP contribution >= 0.6 is 11.3 Å². The van der Waals surface area contributed by atoms with Crippen molar-refractivity contribution >= 4 is 11.3 Å². The number of aliphatic hydroxyl groups excluding tert-OH is 1. The largest absolute Gasteiger partial charge is 0.396 e. The fourth-order valence-electron chi connectivity index (χ4n) is 1.82. The van der Waals surface area contributed by atoms with E-state index < -0.39 is 0 Å². The first-order valence-electron chi connectivity index (χ1n) is 6.08. The van der Waals surface area contributed by atoms with Crippen LogP contribution in [0.3, 0.4) is 0 Å². The molecule has 0 amide bonds. The summed E-state index contributed by atoms with van der Waals surface area (Å²) in [4.78, 5) is 5.80. The molecule has 2 N–H and O–H groups in total. The molecule has 0 bridgehead atoms. The average Bonchev–Trinajstić information content (AvgIpc) is 2.61. The first-order chi connectivity index (χ1) is 7.79. The molecule has 1 heterocycles. The van der Waals surface area contributed by atoms with Crippen molar-refractivity contribution in [3.8, 4) is 0 Å². The van der Waals surface area contributed by atoms with Crippen molar-refractivity contribution in [2.75, 3.05) is 6.61 Å². The summed E-state index contributed by atoms with van der Waals surface area (Å²) in [5.74, 6) is 0.744. The van der Waals surface area contributed by atoms with Gasteiger partial charge < -0.3 is 10.4 Å². The number of hydrogen-bond donors (Lipinski definition) is 2. The van der Waals surface area contributed by atoms with Gasteiger partial charge in [0.25, 0.3) is 0 Å². The van der Waals surface area contributed by atoms with E-state index in [0.717, 1.165) is 18.9 Å². The highest BCUT2D eigenvalue weighted by atomic mass is 32.1. The van der Waals surface area contributed by atoms with Crippen molar-refractivity contribution in [1.29, 1.82) is 0 Å². The van der Waals surface area contributed by atoms with E-state index in [1.807, 2.05) is 17.5 Å². The van der Waals surface area contributed by atoms with Crippen molar-refractivity contribution in [2.24, 2.45) is 0 Å². The van der Waals surface area contributed by atoms with Crippen molar-refractivity contribution in [3.05, 3.63) is 16.1 Å². The van der Waals surface area contributed by atoms with Crippen LogP contribution < -0.4 is 5.32 Å². The third-order valence-corrected chi connectivity index (χ3v) is 4.37. The molecule has 2 rings (SSSR count). The monoisotopic (exact) mass is 240 g/mol. The lowest BCUT2D eigenvalue weighted by Gasteiger charge is -2.22. The lowest BCUT2D eigenvalue weighted by Crippen LogP contribution is -2.25.